The van der Waals surface area contributed by atoms with E-state index in [9.17, 15) is 4.79 Å². The summed E-state index contributed by atoms with van der Waals surface area (Å²) in [6.07, 6.45) is 0.509. The summed E-state index contributed by atoms with van der Waals surface area (Å²) in [5, 5.41) is 11.5. The van der Waals surface area contributed by atoms with Crippen molar-refractivity contribution < 1.29 is 19.4 Å². The van der Waals surface area contributed by atoms with Crippen molar-refractivity contribution in [2.45, 2.75) is 51.6 Å². The van der Waals surface area contributed by atoms with Crippen LogP contribution in [-0.4, -0.2) is 35.7 Å². The highest BCUT2D eigenvalue weighted by atomic mass is 16.7. The predicted octanol–water partition coefficient (Wildman–Crippen LogP) is 1.01. The number of hydrogen-bond donors (Lipinski definition) is 2. The molecule has 1 amide bonds. The second kappa shape index (κ2) is 4.81. The van der Waals surface area contributed by atoms with Crippen LogP contribution < -0.4 is 5.32 Å². The van der Waals surface area contributed by atoms with Gasteiger partial charge in [-0.2, -0.15) is 0 Å². The number of alkyl carbamates (subject to hydrolysis) is 1. The van der Waals surface area contributed by atoms with Crippen molar-refractivity contribution in [2.24, 2.45) is 0 Å². The van der Waals surface area contributed by atoms with E-state index in [1.165, 1.54) is 0 Å². The maximum atomic E-state index is 11.2. The third kappa shape index (κ3) is 5.59. The number of amides is 1. The zero-order valence-electron chi connectivity index (χ0n) is 9.45. The molecule has 0 aromatic heterocycles. The van der Waals surface area contributed by atoms with E-state index < -0.39 is 18.0 Å². The predicted molar refractivity (Wildman–Crippen MR) is 54.4 cm³/mol. The van der Waals surface area contributed by atoms with Gasteiger partial charge in [0.05, 0.1) is 0 Å². The highest BCUT2D eigenvalue weighted by Gasteiger charge is 2.35. The molecule has 0 spiro atoms. The standard InChI is InChI=1S/C10H19NO4/c1-10(2,3)15-9(13)11-6-4-5-7-8(12)14-7/h7-8,12H,4-6H2,1-3H3,(H,11,13). The van der Waals surface area contributed by atoms with Gasteiger partial charge < -0.3 is 19.9 Å². The zero-order chi connectivity index (χ0) is 11.5. The highest BCUT2D eigenvalue weighted by Crippen LogP contribution is 2.23. The first kappa shape index (κ1) is 12.3. The van der Waals surface area contributed by atoms with Crippen molar-refractivity contribution >= 4 is 6.09 Å². The van der Waals surface area contributed by atoms with Crippen LogP contribution in [0.15, 0.2) is 0 Å². The summed E-state index contributed by atoms with van der Waals surface area (Å²) in [5.74, 6) is 0. The molecule has 1 aliphatic rings. The van der Waals surface area contributed by atoms with Gasteiger partial charge in [0.1, 0.15) is 11.7 Å². The lowest BCUT2D eigenvalue weighted by Crippen LogP contribution is -2.33. The first-order valence-electron chi connectivity index (χ1n) is 5.19. The number of hydrogen-bond acceptors (Lipinski definition) is 4. The minimum atomic E-state index is -0.591. The van der Waals surface area contributed by atoms with Crippen molar-refractivity contribution in [3.8, 4) is 0 Å². The lowest BCUT2D eigenvalue weighted by atomic mass is 10.2. The average Bonchev–Trinajstić information content (AvgIpc) is 2.73. The fourth-order valence-corrected chi connectivity index (χ4v) is 1.15. The van der Waals surface area contributed by atoms with E-state index in [0.29, 0.717) is 6.54 Å². The van der Waals surface area contributed by atoms with Gasteiger partial charge in [-0.1, -0.05) is 0 Å². The molecule has 0 saturated carbocycles. The average molecular weight is 217 g/mol. The van der Waals surface area contributed by atoms with E-state index in [-0.39, 0.29) is 6.10 Å². The first-order valence-corrected chi connectivity index (χ1v) is 5.19. The van der Waals surface area contributed by atoms with Gasteiger partial charge in [-0.15, -0.1) is 0 Å². The topological polar surface area (TPSA) is 71.1 Å². The van der Waals surface area contributed by atoms with Crippen molar-refractivity contribution in [2.75, 3.05) is 6.54 Å². The second-order valence-electron chi connectivity index (χ2n) is 4.64. The van der Waals surface area contributed by atoms with Gasteiger partial charge in [-0.05, 0) is 33.6 Å². The molecule has 5 nitrogen and oxygen atoms in total. The molecule has 2 unspecified atom stereocenters. The molecule has 1 rings (SSSR count). The summed E-state index contributed by atoms with van der Waals surface area (Å²) >= 11 is 0. The Hall–Kier alpha value is -0.810. The van der Waals surface area contributed by atoms with E-state index in [1.54, 1.807) is 0 Å². The Morgan fingerprint density at radius 2 is 2.13 bits per heavy atom. The molecule has 0 radical (unpaired) electrons. The van der Waals surface area contributed by atoms with Crippen LogP contribution in [-0.2, 0) is 9.47 Å². The van der Waals surface area contributed by atoms with Crippen molar-refractivity contribution in [1.29, 1.82) is 0 Å². The van der Waals surface area contributed by atoms with Gasteiger partial charge in [0, 0.05) is 6.54 Å². The number of carbonyl (C=O) groups excluding carboxylic acids is 1. The Morgan fingerprint density at radius 1 is 1.53 bits per heavy atom. The largest absolute Gasteiger partial charge is 0.444 e. The Kier molecular flexibility index (Phi) is 3.93. The van der Waals surface area contributed by atoms with Crippen molar-refractivity contribution in [3.63, 3.8) is 0 Å². The van der Waals surface area contributed by atoms with E-state index in [0.717, 1.165) is 12.8 Å². The molecule has 0 aromatic rings. The molecule has 1 saturated heterocycles. The lowest BCUT2D eigenvalue weighted by Gasteiger charge is -2.19. The summed E-state index contributed by atoms with van der Waals surface area (Å²) in [6, 6.07) is 0. The Balaban J connectivity index is 1.97. The van der Waals surface area contributed by atoms with Gasteiger partial charge in [0.25, 0.3) is 0 Å². The number of carbonyl (C=O) groups is 1. The van der Waals surface area contributed by atoms with Crippen LogP contribution in [0.1, 0.15) is 33.6 Å². The molecule has 1 heterocycles. The van der Waals surface area contributed by atoms with E-state index >= 15 is 0 Å². The fraction of sp³-hybridized carbons (Fsp3) is 0.900. The molecular weight excluding hydrogens is 198 g/mol. The SMILES string of the molecule is CC(C)(C)OC(=O)NCCCC1OC1O. The first-order chi connectivity index (χ1) is 6.88. The van der Waals surface area contributed by atoms with Crippen molar-refractivity contribution in [1.82, 2.24) is 5.32 Å². The molecule has 2 atom stereocenters. The summed E-state index contributed by atoms with van der Waals surface area (Å²) in [4.78, 5) is 11.2. The number of epoxide rings is 1. The fourth-order valence-electron chi connectivity index (χ4n) is 1.15. The monoisotopic (exact) mass is 217 g/mol. The second-order valence-corrected chi connectivity index (χ2v) is 4.64. The molecule has 0 aromatic carbocycles. The van der Waals surface area contributed by atoms with Crippen LogP contribution in [0, 0.1) is 0 Å². The number of rotatable bonds is 4. The summed E-state index contributed by atoms with van der Waals surface area (Å²) in [7, 11) is 0. The minimum Gasteiger partial charge on any atom is -0.444 e. The van der Waals surface area contributed by atoms with Crippen LogP contribution in [0.2, 0.25) is 0 Å². The molecule has 15 heavy (non-hydrogen) atoms. The van der Waals surface area contributed by atoms with Crippen LogP contribution in [0.5, 0.6) is 0 Å². The van der Waals surface area contributed by atoms with Gasteiger partial charge in [-0.25, -0.2) is 4.79 Å². The molecule has 0 bridgehead atoms. The van der Waals surface area contributed by atoms with Gasteiger partial charge in [-0.3, -0.25) is 0 Å². The summed E-state index contributed by atoms with van der Waals surface area (Å²) < 4.78 is 9.87. The summed E-state index contributed by atoms with van der Waals surface area (Å²) in [5.41, 5.74) is -0.458. The van der Waals surface area contributed by atoms with E-state index in [4.69, 9.17) is 14.6 Å². The van der Waals surface area contributed by atoms with Crippen LogP contribution in [0.25, 0.3) is 0 Å². The molecule has 0 aliphatic carbocycles. The quantitative estimate of drug-likeness (QED) is 0.544. The number of nitrogens with one attached hydrogen (secondary N) is 1. The molecule has 1 aliphatic heterocycles. The van der Waals surface area contributed by atoms with Crippen LogP contribution in [0.3, 0.4) is 0 Å². The summed E-state index contributed by atoms with van der Waals surface area (Å²) in [6.45, 7) is 6.00. The molecule has 1 fully saturated rings. The minimum absolute atomic E-state index is 0.0366. The van der Waals surface area contributed by atoms with Gasteiger partial charge >= 0.3 is 6.09 Å². The van der Waals surface area contributed by atoms with Gasteiger partial charge in [0.2, 0.25) is 0 Å². The highest BCUT2D eigenvalue weighted by molar-refractivity contribution is 5.67. The Morgan fingerprint density at radius 3 is 2.60 bits per heavy atom. The normalized spacial score (nSPS) is 24.8. The van der Waals surface area contributed by atoms with Crippen molar-refractivity contribution in [3.05, 3.63) is 0 Å². The van der Waals surface area contributed by atoms with E-state index in [2.05, 4.69) is 5.32 Å². The van der Waals surface area contributed by atoms with Crippen LogP contribution in [0.4, 0.5) is 4.79 Å². The Labute approximate surface area is 89.8 Å². The van der Waals surface area contributed by atoms with Gasteiger partial charge in [0.15, 0.2) is 6.29 Å². The maximum absolute atomic E-state index is 11.2. The smallest absolute Gasteiger partial charge is 0.407 e. The van der Waals surface area contributed by atoms with Crippen LogP contribution >= 0.6 is 0 Å². The number of aliphatic hydroxyl groups is 1. The molecule has 2 N–H and O–H groups in total. The lowest BCUT2D eigenvalue weighted by molar-refractivity contribution is 0.0526. The molecule has 5 heteroatoms. The zero-order valence-corrected chi connectivity index (χ0v) is 9.45. The molecular formula is C10H19NO4. The number of ether oxygens (including phenoxy) is 2. The van der Waals surface area contributed by atoms with E-state index in [1.807, 2.05) is 20.8 Å². The molecule has 88 valence electrons. The third-order valence-corrected chi connectivity index (χ3v) is 1.89. The third-order valence-electron chi connectivity index (χ3n) is 1.89. The Bertz CT molecular complexity index is 224. The maximum Gasteiger partial charge on any atom is 0.407 e. The number of aliphatic hydroxyl groups excluding tert-OH is 1.